The fraction of sp³-hybridized carbons (Fsp3) is 0.714. The van der Waals surface area contributed by atoms with Gasteiger partial charge < -0.3 is 14.6 Å². The summed E-state index contributed by atoms with van der Waals surface area (Å²) in [5.74, 6) is 3.38. The molecule has 0 saturated carbocycles. The van der Waals surface area contributed by atoms with Crippen molar-refractivity contribution in [1.29, 1.82) is 0 Å². The molecule has 1 aliphatic heterocycles. The van der Waals surface area contributed by atoms with Gasteiger partial charge in [-0.2, -0.15) is 0 Å². The van der Waals surface area contributed by atoms with Gasteiger partial charge in [-0.05, 0) is 32.6 Å². The Morgan fingerprint density at radius 2 is 2.11 bits per heavy atom. The number of guanidine groups is 1. The first-order chi connectivity index (χ1) is 9.10. The Balaban J connectivity index is 1.89. The number of aliphatic imine (C=N–C) groups is 1. The average molecular weight is 264 g/mol. The highest BCUT2D eigenvalue weighted by atomic mass is 16.4. The molecule has 0 spiro atoms. The summed E-state index contributed by atoms with van der Waals surface area (Å²) in [6.07, 6.45) is 2.47. The van der Waals surface area contributed by atoms with E-state index in [0.29, 0.717) is 6.54 Å². The molecule has 2 heterocycles. The van der Waals surface area contributed by atoms with Crippen LogP contribution in [0.3, 0.4) is 0 Å². The average Bonchev–Trinajstić information content (AvgIpc) is 2.71. The minimum atomic E-state index is 0.591. The number of aromatic nitrogens is 1. The summed E-state index contributed by atoms with van der Waals surface area (Å²) >= 11 is 0. The van der Waals surface area contributed by atoms with Crippen molar-refractivity contribution in [3.05, 3.63) is 17.3 Å². The molecule has 0 aliphatic carbocycles. The fourth-order valence-corrected chi connectivity index (χ4v) is 2.32. The molecule has 0 aromatic carbocycles. The summed E-state index contributed by atoms with van der Waals surface area (Å²) in [7, 11) is 1.83. The summed E-state index contributed by atoms with van der Waals surface area (Å²) in [6.45, 7) is 8.95. The van der Waals surface area contributed by atoms with E-state index in [4.69, 9.17) is 4.42 Å². The highest BCUT2D eigenvalue weighted by Crippen LogP contribution is 2.16. The van der Waals surface area contributed by atoms with Crippen LogP contribution in [0.2, 0.25) is 0 Å². The monoisotopic (exact) mass is 264 g/mol. The van der Waals surface area contributed by atoms with Crippen molar-refractivity contribution in [2.24, 2.45) is 10.9 Å². The Bertz CT molecular complexity index is 425. The number of nitrogens with one attached hydrogen (secondary N) is 1. The van der Waals surface area contributed by atoms with E-state index in [1.165, 1.54) is 12.8 Å². The minimum Gasteiger partial charge on any atom is -0.444 e. The molecule has 1 aliphatic rings. The quantitative estimate of drug-likeness (QED) is 0.656. The summed E-state index contributed by atoms with van der Waals surface area (Å²) in [6, 6.07) is 0. The largest absolute Gasteiger partial charge is 0.444 e. The highest BCUT2D eigenvalue weighted by Gasteiger charge is 2.18. The van der Waals surface area contributed by atoms with E-state index in [2.05, 4.69) is 27.1 Å². The van der Waals surface area contributed by atoms with Crippen LogP contribution in [0.25, 0.3) is 0 Å². The van der Waals surface area contributed by atoms with Crippen LogP contribution in [0, 0.1) is 19.8 Å². The second-order valence-electron chi connectivity index (χ2n) is 5.32. The third-order valence-electron chi connectivity index (χ3n) is 3.77. The topological polar surface area (TPSA) is 53.7 Å². The van der Waals surface area contributed by atoms with Crippen LogP contribution in [-0.2, 0) is 6.54 Å². The van der Waals surface area contributed by atoms with Crippen molar-refractivity contribution in [2.75, 3.05) is 20.1 Å². The van der Waals surface area contributed by atoms with Crippen molar-refractivity contribution < 1.29 is 4.42 Å². The predicted molar refractivity (Wildman–Crippen MR) is 76.1 cm³/mol. The van der Waals surface area contributed by atoms with Crippen LogP contribution in [0.1, 0.15) is 37.1 Å². The number of rotatable bonds is 2. The van der Waals surface area contributed by atoms with Crippen molar-refractivity contribution >= 4 is 5.96 Å². The number of nitrogens with zero attached hydrogens (tertiary/aromatic N) is 3. The lowest BCUT2D eigenvalue weighted by atomic mass is 10.00. The lowest BCUT2D eigenvalue weighted by Gasteiger charge is -2.32. The van der Waals surface area contributed by atoms with Gasteiger partial charge in [0.05, 0.1) is 12.2 Å². The van der Waals surface area contributed by atoms with Crippen molar-refractivity contribution in [3.63, 3.8) is 0 Å². The van der Waals surface area contributed by atoms with E-state index in [1.54, 1.807) is 0 Å². The highest BCUT2D eigenvalue weighted by molar-refractivity contribution is 5.79. The normalized spacial score (nSPS) is 17.9. The Morgan fingerprint density at radius 3 is 2.63 bits per heavy atom. The van der Waals surface area contributed by atoms with E-state index in [1.807, 2.05) is 20.9 Å². The maximum atomic E-state index is 5.57. The van der Waals surface area contributed by atoms with Gasteiger partial charge in [0.25, 0.3) is 0 Å². The Morgan fingerprint density at radius 1 is 1.42 bits per heavy atom. The lowest BCUT2D eigenvalue weighted by Crippen LogP contribution is -2.45. The molecule has 0 unspecified atom stereocenters. The van der Waals surface area contributed by atoms with Gasteiger partial charge in [0.2, 0.25) is 5.89 Å². The van der Waals surface area contributed by atoms with Gasteiger partial charge in [-0.15, -0.1) is 0 Å². The Labute approximate surface area is 115 Å². The van der Waals surface area contributed by atoms with Crippen LogP contribution in [0.15, 0.2) is 9.41 Å². The molecule has 1 saturated heterocycles. The zero-order valence-corrected chi connectivity index (χ0v) is 12.4. The number of oxazole rings is 1. The van der Waals surface area contributed by atoms with Gasteiger partial charge in [0, 0.05) is 20.1 Å². The van der Waals surface area contributed by atoms with Crippen LogP contribution < -0.4 is 5.32 Å². The molecule has 0 radical (unpaired) electrons. The molecule has 1 aromatic rings. The summed E-state index contributed by atoms with van der Waals surface area (Å²) in [5, 5.41) is 3.33. The maximum Gasteiger partial charge on any atom is 0.214 e. The van der Waals surface area contributed by atoms with Gasteiger partial charge >= 0.3 is 0 Å². The summed E-state index contributed by atoms with van der Waals surface area (Å²) in [5.41, 5.74) is 0.957. The molecule has 1 fully saturated rings. The van der Waals surface area contributed by atoms with E-state index in [-0.39, 0.29) is 0 Å². The Kier molecular flexibility index (Phi) is 4.45. The third kappa shape index (κ3) is 3.49. The molecular weight excluding hydrogens is 240 g/mol. The Hall–Kier alpha value is -1.52. The minimum absolute atomic E-state index is 0.591. The molecule has 0 bridgehead atoms. The van der Waals surface area contributed by atoms with Gasteiger partial charge in [-0.3, -0.25) is 4.99 Å². The van der Waals surface area contributed by atoms with Crippen LogP contribution in [-0.4, -0.2) is 36.0 Å². The first kappa shape index (κ1) is 13.9. The molecule has 0 amide bonds. The van der Waals surface area contributed by atoms with Gasteiger partial charge in [0.15, 0.2) is 5.96 Å². The smallest absolute Gasteiger partial charge is 0.214 e. The first-order valence-corrected chi connectivity index (χ1v) is 6.98. The zero-order chi connectivity index (χ0) is 13.8. The summed E-state index contributed by atoms with van der Waals surface area (Å²) in [4.78, 5) is 11.0. The van der Waals surface area contributed by atoms with Crippen LogP contribution in [0.4, 0.5) is 0 Å². The van der Waals surface area contributed by atoms with Crippen molar-refractivity contribution in [1.82, 2.24) is 15.2 Å². The van der Waals surface area contributed by atoms with E-state index in [9.17, 15) is 0 Å². The first-order valence-electron chi connectivity index (χ1n) is 6.98. The van der Waals surface area contributed by atoms with E-state index in [0.717, 1.165) is 42.3 Å². The fourth-order valence-electron chi connectivity index (χ4n) is 2.32. The number of aryl methyl sites for hydroxylation is 2. The number of piperidine rings is 1. The number of likely N-dealkylation sites (tertiary alicyclic amines) is 1. The molecular formula is C14H24N4O. The SMILES string of the molecule is CN=C(NCc1nc(C)c(C)o1)N1CCC(C)CC1. The van der Waals surface area contributed by atoms with Gasteiger partial charge in [-0.1, -0.05) is 6.92 Å². The predicted octanol–water partition coefficient (Wildman–Crippen LogP) is 2.10. The molecule has 0 atom stereocenters. The zero-order valence-electron chi connectivity index (χ0n) is 12.4. The van der Waals surface area contributed by atoms with Crippen molar-refractivity contribution in [2.45, 2.75) is 40.2 Å². The lowest BCUT2D eigenvalue weighted by molar-refractivity contribution is 0.272. The second-order valence-corrected chi connectivity index (χ2v) is 5.32. The third-order valence-corrected chi connectivity index (χ3v) is 3.77. The summed E-state index contributed by atoms with van der Waals surface area (Å²) < 4.78 is 5.57. The number of hydrogen-bond acceptors (Lipinski definition) is 3. The molecule has 2 rings (SSSR count). The standard InChI is InChI=1S/C14H24N4O/c1-10-5-7-18(8-6-10)14(15-4)16-9-13-17-11(2)12(3)19-13/h10H,5-9H2,1-4H3,(H,15,16). The molecule has 19 heavy (non-hydrogen) atoms. The molecule has 1 N–H and O–H groups in total. The molecule has 106 valence electrons. The molecule has 5 heteroatoms. The molecule has 1 aromatic heterocycles. The van der Waals surface area contributed by atoms with E-state index >= 15 is 0 Å². The van der Waals surface area contributed by atoms with Gasteiger partial charge in [0.1, 0.15) is 5.76 Å². The van der Waals surface area contributed by atoms with Crippen LogP contribution in [0.5, 0.6) is 0 Å². The van der Waals surface area contributed by atoms with Crippen LogP contribution >= 0.6 is 0 Å². The van der Waals surface area contributed by atoms with Crippen molar-refractivity contribution in [3.8, 4) is 0 Å². The molecule has 5 nitrogen and oxygen atoms in total. The van der Waals surface area contributed by atoms with Gasteiger partial charge in [-0.25, -0.2) is 4.98 Å². The second kappa shape index (κ2) is 6.08. The maximum absolute atomic E-state index is 5.57. The van der Waals surface area contributed by atoms with E-state index < -0.39 is 0 Å². The number of hydrogen-bond donors (Lipinski definition) is 1.